The fraction of sp³-hybridized carbons (Fsp3) is 0.385. The second-order valence-corrected chi connectivity index (χ2v) is 8.74. The first-order chi connectivity index (χ1) is 16.1. The lowest BCUT2D eigenvalue weighted by Gasteiger charge is -2.21. The Morgan fingerprint density at radius 2 is 1.61 bits per heavy atom. The number of hydrogen-bond acceptors (Lipinski definition) is 4. The Balaban J connectivity index is 1.43. The first kappa shape index (κ1) is 22.7. The molecule has 1 aliphatic carbocycles. The van der Waals surface area contributed by atoms with E-state index < -0.39 is 5.91 Å². The number of benzene rings is 2. The number of nitrogens with one attached hydrogen (secondary N) is 2. The third kappa shape index (κ3) is 5.86. The monoisotopic (exact) mass is 446 g/mol. The molecule has 2 amide bonds. The summed E-state index contributed by atoms with van der Waals surface area (Å²) >= 11 is 0. The molecular formula is C26H30N4O3. The smallest absolute Gasteiger partial charge is 0.273 e. The summed E-state index contributed by atoms with van der Waals surface area (Å²) in [6.45, 7) is 0.248. The predicted molar refractivity (Wildman–Crippen MR) is 128 cm³/mol. The van der Waals surface area contributed by atoms with Gasteiger partial charge in [-0.05, 0) is 30.4 Å². The van der Waals surface area contributed by atoms with E-state index in [1.54, 1.807) is 24.3 Å². The highest BCUT2D eigenvalue weighted by Gasteiger charge is 2.18. The molecular weight excluding hydrogens is 416 g/mol. The molecule has 3 aromatic rings. The van der Waals surface area contributed by atoms with E-state index in [4.69, 9.17) is 0 Å². The van der Waals surface area contributed by atoms with Crippen molar-refractivity contribution in [1.29, 1.82) is 0 Å². The molecule has 172 valence electrons. The summed E-state index contributed by atoms with van der Waals surface area (Å²) in [5.74, 6) is -0.0444. The normalized spacial score (nSPS) is 14.2. The lowest BCUT2D eigenvalue weighted by molar-refractivity contribution is -0.122. The molecule has 7 nitrogen and oxygen atoms in total. The van der Waals surface area contributed by atoms with Gasteiger partial charge >= 0.3 is 0 Å². The van der Waals surface area contributed by atoms with Gasteiger partial charge in [0.25, 0.3) is 11.5 Å². The summed E-state index contributed by atoms with van der Waals surface area (Å²) in [7, 11) is 0. The quantitative estimate of drug-likeness (QED) is 0.538. The number of carbonyl (C=O) groups excluding carboxylic acids is 2. The summed E-state index contributed by atoms with van der Waals surface area (Å²) < 4.78 is 1.29. The molecule has 1 aromatic heterocycles. The van der Waals surface area contributed by atoms with Crippen LogP contribution in [0.4, 0.5) is 0 Å². The zero-order valence-electron chi connectivity index (χ0n) is 18.8. The fourth-order valence-corrected chi connectivity index (χ4v) is 4.54. The molecule has 1 fully saturated rings. The molecule has 0 bridgehead atoms. The molecule has 1 aliphatic rings. The van der Waals surface area contributed by atoms with Crippen LogP contribution in [0.2, 0.25) is 0 Å². The highest BCUT2D eigenvalue weighted by molar-refractivity contribution is 6.05. The first-order valence-corrected chi connectivity index (χ1v) is 11.7. The van der Waals surface area contributed by atoms with Crippen LogP contribution in [0.25, 0.3) is 10.8 Å². The van der Waals surface area contributed by atoms with Crippen LogP contribution in [0.5, 0.6) is 0 Å². The van der Waals surface area contributed by atoms with Crippen molar-refractivity contribution in [1.82, 2.24) is 20.6 Å². The van der Waals surface area contributed by atoms with Gasteiger partial charge in [0.15, 0.2) is 5.69 Å². The van der Waals surface area contributed by atoms with Crippen molar-refractivity contribution < 1.29 is 9.59 Å². The van der Waals surface area contributed by atoms with Crippen molar-refractivity contribution in [3.05, 3.63) is 76.2 Å². The topological polar surface area (TPSA) is 93.1 Å². The molecule has 0 unspecified atom stereocenters. The second kappa shape index (κ2) is 10.9. The maximum absolute atomic E-state index is 12.9. The van der Waals surface area contributed by atoms with E-state index in [-0.39, 0.29) is 23.7 Å². The van der Waals surface area contributed by atoms with Crippen LogP contribution in [0.3, 0.4) is 0 Å². The maximum Gasteiger partial charge on any atom is 0.290 e. The van der Waals surface area contributed by atoms with Gasteiger partial charge in [-0.2, -0.15) is 5.10 Å². The van der Waals surface area contributed by atoms with Crippen molar-refractivity contribution in [3.63, 3.8) is 0 Å². The van der Waals surface area contributed by atoms with Crippen molar-refractivity contribution in [3.8, 4) is 0 Å². The van der Waals surface area contributed by atoms with Crippen LogP contribution in [0.15, 0.2) is 59.4 Å². The number of hydrogen-bond donors (Lipinski definition) is 2. The summed E-state index contributed by atoms with van der Waals surface area (Å²) in [5, 5.41) is 5.20. The molecule has 0 aliphatic heterocycles. The fourth-order valence-electron chi connectivity index (χ4n) is 4.54. The number of rotatable bonds is 7. The number of fused-ring (bicyclic) bond motifs is 1. The Labute approximate surface area is 193 Å². The molecule has 33 heavy (non-hydrogen) atoms. The van der Waals surface area contributed by atoms with Gasteiger partial charge in [-0.3, -0.25) is 25.2 Å². The molecule has 7 heteroatoms. The number of carbonyl (C=O) groups is 2. The summed E-state index contributed by atoms with van der Waals surface area (Å²) in [6, 6.07) is 16.4. The molecule has 1 saturated carbocycles. The molecule has 2 aromatic carbocycles. The van der Waals surface area contributed by atoms with E-state index in [1.165, 1.54) is 36.8 Å². The summed E-state index contributed by atoms with van der Waals surface area (Å²) in [4.78, 5) is 38.1. The zero-order chi connectivity index (χ0) is 23.0. The standard InChI is InChI=1S/C26H30N4O3/c31-23(17-9-14-19-10-3-1-4-11-19)27-28-25(32)24-21-15-7-8-16-22(21)26(33)30(29-24)18-20-12-5-2-6-13-20/h2,5-8,12-13,15-16,19H,1,3-4,9-11,14,17-18H2,(H,27,31)(H,28,32). The van der Waals surface area contributed by atoms with E-state index in [0.29, 0.717) is 17.2 Å². The lowest BCUT2D eigenvalue weighted by atomic mass is 9.86. The minimum absolute atomic E-state index is 0.101. The number of amides is 2. The van der Waals surface area contributed by atoms with Gasteiger partial charge in [-0.15, -0.1) is 0 Å². The van der Waals surface area contributed by atoms with Gasteiger partial charge in [-0.25, -0.2) is 4.68 Å². The van der Waals surface area contributed by atoms with Gasteiger partial charge in [0.05, 0.1) is 11.9 Å². The summed E-state index contributed by atoms with van der Waals surface area (Å²) in [6.07, 6.45) is 8.67. The molecule has 4 rings (SSSR count). The predicted octanol–water partition coefficient (Wildman–Crippen LogP) is 3.96. The Kier molecular flexibility index (Phi) is 7.50. The van der Waals surface area contributed by atoms with Crippen LogP contribution in [0, 0.1) is 5.92 Å². The van der Waals surface area contributed by atoms with E-state index in [0.717, 1.165) is 24.3 Å². The van der Waals surface area contributed by atoms with Gasteiger partial charge in [0.1, 0.15) is 0 Å². The van der Waals surface area contributed by atoms with Crippen molar-refractivity contribution in [2.75, 3.05) is 0 Å². The second-order valence-electron chi connectivity index (χ2n) is 8.74. The first-order valence-electron chi connectivity index (χ1n) is 11.7. The number of hydrazine groups is 1. The Bertz CT molecular complexity index is 1170. The minimum atomic E-state index is -0.548. The van der Waals surface area contributed by atoms with Crippen LogP contribution in [-0.4, -0.2) is 21.6 Å². The average molecular weight is 447 g/mol. The van der Waals surface area contributed by atoms with E-state index in [2.05, 4.69) is 16.0 Å². The molecule has 1 heterocycles. The Morgan fingerprint density at radius 3 is 2.36 bits per heavy atom. The lowest BCUT2D eigenvalue weighted by Crippen LogP contribution is -2.42. The SMILES string of the molecule is O=C(CCCC1CCCCC1)NNC(=O)c1nn(Cc2ccccc2)c(=O)c2ccccc12. The van der Waals surface area contributed by atoms with E-state index in [9.17, 15) is 14.4 Å². The third-order valence-electron chi connectivity index (χ3n) is 6.31. The highest BCUT2D eigenvalue weighted by Crippen LogP contribution is 2.27. The van der Waals surface area contributed by atoms with Crippen LogP contribution < -0.4 is 16.4 Å². The van der Waals surface area contributed by atoms with Crippen molar-refractivity contribution in [2.45, 2.75) is 57.9 Å². The van der Waals surface area contributed by atoms with Gasteiger partial charge < -0.3 is 0 Å². The minimum Gasteiger partial charge on any atom is -0.273 e. The van der Waals surface area contributed by atoms with Crippen molar-refractivity contribution in [2.24, 2.45) is 5.92 Å². The van der Waals surface area contributed by atoms with E-state index in [1.807, 2.05) is 30.3 Å². The average Bonchev–Trinajstić information content (AvgIpc) is 2.85. The van der Waals surface area contributed by atoms with Crippen LogP contribution in [-0.2, 0) is 11.3 Å². The van der Waals surface area contributed by atoms with Gasteiger partial charge in [0, 0.05) is 11.8 Å². The molecule has 0 saturated heterocycles. The molecule has 2 N–H and O–H groups in total. The largest absolute Gasteiger partial charge is 0.290 e. The summed E-state index contributed by atoms with van der Waals surface area (Å²) in [5.41, 5.74) is 5.71. The zero-order valence-corrected chi connectivity index (χ0v) is 18.8. The molecule has 0 radical (unpaired) electrons. The Hall–Kier alpha value is -3.48. The van der Waals surface area contributed by atoms with Crippen LogP contribution >= 0.6 is 0 Å². The third-order valence-corrected chi connectivity index (χ3v) is 6.31. The molecule has 0 spiro atoms. The van der Waals surface area contributed by atoms with Gasteiger partial charge in [0.2, 0.25) is 5.91 Å². The van der Waals surface area contributed by atoms with E-state index >= 15 is 0 Å². The number of aromatic nitrogens is 2. The van der Waals surface area contributed by atoms with Gasteiger partial charge in [-0.1, -0.05) is 80.6 Å². The van der Waals surface area contributed by atoms with Crippen molar-refractivity contribution >= 4 is 22.6 Å². The maximum atomic E-state index is 12.9. The van der Waals surface area contributed by atoms with Crippen LogP contribution in [0.1, 0.15) is 67.4 Å². The molecule has 0 atom stereocenters. The highest BCUT2D eigenvalue weighted by atomic mass is 16.2. The Morgan fingerprint density at radius 1 is 0.909 bits per heavy atom. The number of nitrogens with zero attached hydrogens (tertiary/aromatic N) is 2.